The molecule has 5 nitrogen and oxygen atoms in total. The van der Waals surface area contributed by atoms with Crippen LogP contribution in [0.25, 0.3) is 0 Å². The third-order valence-electron chi connectivity index (χ3n) is 5.80. The third-order valence-corrected chi connectivity index (χ3v) is 5.80. The van der Waals surface area contributed by atoms with Gasteiger partial charge in [0.05, 0.1) is 12.5 Å². The van der Waals surface area contributed by atoms with E-state index in [1.807, 2.05) is 0 Å². The smallest absolute Gasteiger partial charge is 0.335 e. The highest BCUT2D eigenvalue weighted by Crippen LogP contribution is 2.56. The molecule has 0 saturated heterocycles. The Morgan fingerprint density at radius 2 is 1.62 bits per heavy atom. The van der Waals surface area contributed by atoms with Crippen LogP contribution in [0.3, 0.4) is 0 Å². The highest BCUT2D eigenvalue weighted by atomic mass is 16.7. The topological polar surface area (TPSA) is 61.8 Å². The summed E-state index contributed by atoms with van der Waals surface area (Å²) in [4.78, 5) is 23.8. The molecule has 0 aromatic carbocycles. The maximum Gasteiger partial charge on any atom is 0.335 e. The molecular weight excluding hydrogens is 308 g/mol. The molecule has 4 aliphatic rings. The van der Waals surface area contributed by atoms with Gasteiger partial charge in [0.15, 0.2) is 0 Å². The van der Waals surface area contributed by atoms with Crippen molar-refractivity contribution in [3.8, 4) is 0 Å². The van der Waals surface area contributed by atoms with E-state index in [0.717, 1.165) is 11.8 Å². The molecule has 0 amide bonds. The summed E-state index contributed by atoms with van der Waals surface area (Å²) in [6.45, 7) is 7.17. The largest absolute Gasteiger partial charge is 0.463 e. The van der Waals surface area contributed by atoms with Crippen LogP contribution in [0, 0.1) is 29.6 Å². The van der Waals surface area contributed by atoms with Gasteiger partial charge < -0.3 is 14.2 Å². The summed E-state index contributed by atoms with van der Waals surface area (Å²) in [5.74, 6) is 2.33. The van der Waals surface area contributed by atoms with Crippen molar-refractivity contribution in [1.82, 2.24) is 0 Å². The van der Waals surface area contributed by atoms with Crippen LogP contribution in [-0.2, 0) is 23.8 Å². The van der Waals surface area contributed by atoms with Gasteiger partial charge in [0, 0.05) is 5.57 Å². The lowest BCUT2D eigenvalue weighted by molar-refractivity contribution is -0.178. The lowest BCUT2D eigenvalue weighted by Crippen LogP contribution is -2.48. The van der Waals surface area contributed by atoms with Crippen LogP contribution in [0.4, 0.5) is 0 Å². The molecule has 0 aromatic heterocycles. The third kappa shape index (κ3) is 3.82. The van der Waals surface area contributed by atoms with Crippen molar-refractivity contribution in [2.24, 2.45) is 29.6 Å². The van der Waals surface area contributed by atoms with Crippen LogP contribution in [-0.4, -0.2) is 31.4 Å². The Hall–Kier alpha value is -1.36. The standard InChI is InChI=1S/C19H28O5/c1-11(2)18(20)24-12(3)22-4-5-23-19(21)17-15-7-13-6-14(9-15)10-16(17)8-13/h12-17H,1,4-10H2,2-3H3. The second kappa shape index (κ2) is 7.26. The number of rotatable bonds is 7. The molecule has 1 atom stereocenters. The molecule has 4 rings (SSSR count). The number of carbonyl (C=O) groups excluding carboxylic acids is 2. The van der Waals surface area contributed by atoms with Crippen LogP contribution in [0.2, 0.25) is 0 Å². The fourth-order valence-corrected chi connectivity index (χ4v) is 5.05. The molecule has 4 bridgehead atoms. The number of hydrogen-bond acceptors (Lipinski definition) is 5. The Labute approximate surface area is 143 Å². The minimum absolute atomic E-state index is 0.0565. The Balaban J connectivity index is 1.37. The van der Waals surface area contributed by atoms with Crippen molar-refractivity contribution >= 4 is 11.9 Å². The molecule has 24 heavy (non-hydrogen) atoms. The van der Waals surface area contributed by atoms with Crippen molar-refractivity contribution in [3.05, 3.63) is 12.2 Å². The first-order chi connectivity index (χ1) is 11.4. The van der Waals surface area contributed by atoms with Gasteiger partial charge in [0.1, 0.15) is 6.61 Å². The second-order valence-electron chi connectivity index (χ2n) is 7.75. The van der Waals surface area contributed by atoms with E-state index < -0.39 is 12.3 Å². The van der Waals surface area contributed by atoms with E-state index in [4.69, 9.17) is 14.2 Å². The highest BCUT2D eigenvalue weighted by molar-refractivity contribution is 5.86. The second-order valence-corrected chi connectivity index (χ2v) is 7.75. The number of ether oxygens (including phenoxy) is 3. The van der Waals surface area contributed by atoms with Crippen molar-refractivity contribution in [2.45, 2.75) is 52.2 Å². The monoisotopic (exact) mass is 336 g/mol. The first-order valence-corrected chi connectivity index (χ1v) is 9.08. The van der Waals surface area contributed by atoms with Gasteiger partial charge in [0.25, 0.3) is 0 Å². The van der Waals surface area contributed by atoms with Crippen molar-refractivity contribution < 1.29 is 23.8 Å². The molecule has 4 aliphatic carbocycles. The summed E-state index contributed by atoms with van der Waals surface area (Å²) in [5, 5.41) is 0. The quantitative estimate of drug-likeness (QED) is 0.309. The molecule has 4 saturated carbocycles. The van der Waals surface area contributed by atoms with E-state index in [9.17, 15) is 9.59 Å². The van der Waals surface area contributed by atoms with Crippen LogP contribution < -0.4 is 0 Å². The average molecular weight is 336 g/mol. The molecule has 0 radical (unpaired) electrons. The average Bonchev–Trinajstić information content (AvgIpc) is 2.50. The van der Waals surface area contributed by atoms with Gasteiger partial charge in [0.2, 0.25) is 6.29 Å². The molecule has 0 aromatic rings. The molecule has 0 aliphatic heterocycles. The van der Waals surface area contributed by atoms with Gasteiger partial charge >= 0.3 is 11.9 Å². The Bertz CT molecular complexity index is 484. The molecule has 0 N–H and O–H groups in total. The van der Waals surface area contributed by atoms with E-state index in [-0.39, 0.29) is 25.1 Å². The summed E-state index contributed by atoms with van der Waals surface area (Å²) in [5.41, 5.74) is 0.332. The lowest BCUT2D eigenvalue weighted by atomic mass is 9.52. The Kier molecular flexibility index (Phi) is 5.28. The van der Waals surface area contributed by atoms with Gasteiger partial charge in [-0.3, -0.25) is 4.79 Å². The number of hydrogen-bond donors (Lipinski definition) is 0. The van der Waals surface area contributed by atoms with Gasteiger partial charge in [-0.1, -0.05) is 6.58 Å². The van der Waals surface area contributed by atoms with E-state index in [1.54, 1.807) is 13.8 Å². The van der Waals surface area contributed by atoms with Crippen molar-refractivity contribution in [3.63, 3.8) is 0 Å². The Morgan fingerprint density at radius 3 is 2.17 bits per heavy atom. The van der Waals surface area contributed by atoms with E-state index in [2.05, 4.69) is 6.58 Å². The molecule has 4 fully saturated rings. The predicted molar refractivity (Wildman–Crippen MR) is 87.8 cm³/mol. The summed E-state index contributed by atoms with van der Waals surface area (Å²) in [6.07, 6.45) is 5.53. The molecule has 5 heteroatoms. The normalized spacial score (nSPS) is 34.7. The van der Waals surface area contributed by atoms with Gasteiger partial charge in [-0.15, -0.1) is 0 Å². The van der Waals surface area contributed by atoms with Gasteiger partial charge in [-0.25, -0.2) is 4.79 Å². The summed E-state index contributed by atoms with van der Waals surface area (Å²) in [7, 11) is 0. The summed E-state index contributed by atoms with van der Waals surface area (Å²) in [6, 6.07) is 0. The van der Waals surface area contributed by atoms with Crippen LogP contribution in [0.5, 0.6) is 0 Å². The van der Waals surface area contributed by atoms with Crippen molar-refractivity contribution in [1.29, 1.82) is 0 Å². The zero-order chi connectivity index (χ0) is 17.3. The molecule has 1 unspecified atom stereocenters. The van der Waals surface area contributed by atoms with E-state index in [0.29, 0.717) is 17.4 Å². The highest BCUT2D eigenvalue weighted by Gasteiger charge is 2.51. The zero-order valence-electron chi connectivity index (χ0n) is 14.7. The van der Waals surface area contributed by atoms with Crippen molar-refractivity contribution in [2.75, 3.05) is 13.2 Å². The lowest BCUT2D eigenvalue weighted by Gasteiger charge is -2.53. The molecule has 134 valence electrons. The minimum atomic E-state index is -0.672. The first kappa shape index (κ1) is 17.5. The SMILES string of the molecule is C=C(C)C(=O)OC(C)OCCOC(=O)C1C2CC3CC(C2)CC1C3. The maximum atomic E-state index is 12.5. The fourth-order valence-electron chi connectivity index (χ4n) is 5.05. The minimum Gasteiger partial charge on any atom is -0.463 e. The number of esters is 2. The van der Waals surface area contributed by atoms with Crippen LogP contribution >= 0.6 is 0 Å². The van der Waals surface area contributed by atoms with E-state index in [1.165, 1.54) is 32.1 Å². The van der Waals surface area contributed by atoms with Crippen LogP contribution in [0.15, 0.2) is 12.2 Å². The summed E-state index contributed by atoms with van der Waals surface area (Å²) >= 11 is 0. The zero-order valence-corrected chi connectivity index (χ0v) is 14.7. The molecule has 0 heterocycles. The predicted octanol–water partition coefficient (Wildman–Crippen LogP) is 3.08. The fraction of sp³-hybridized carbons (Fsp3) is 0.789. The van der Waals surface area contributed by atoms with E-state index >= 15 is 0 Å². The Morgan fingerprint density at radius 1 is 1.04 bits per heavy atom. The van der Waals surface area contributed by atoms with Gasteiger partial charge in [-0.05, 0) is 69.6 Å². The summed E-state index contributed by atoms with van der Waals surface area (Å²) < 4.78 is 15.8. The first-order valence-electron chi connectivity index (χ1n) is 9.08. The molecule has 0 spiro atoms. The van der Waals surface area contributed by atoms with Gasteiger partial charge in [-0.2, -0.15) is 0 Å². The maximum absolute atomic E-state index is 12.5. The number of carbonyl (C=O) groups is 2. The molecular formula is C19H28O5. The van der Waals surface area contributed by atoms with Crippen LogP contribution in [0.1, 0.15) is 46.0 Å².